The van der Waals surface area contributed by atoms with Gasteiger partial charge in [0.2, 0.25) is 0 Å². The lowest BCUT2D eigenvalue weighted by atomic mass is 10.2. The predicted octanol–water partition coefficient (Wildman–Crippen LogP) is -1.45. The average Bonchev–Trinajstić information content (AvgIpc) is 2.74. The fourth-order valence-corrected chi connectivity index (χ4v) is 1.97. The Morgan fingerprint density at radius 2 is 2.32 bits per heavy atom. The molecule has 0 radical (unpaired) electrons. The smallest absolute Gasteiger partial charge is 0.330 e. The van der Waals surface area contributed by atoms with Crippen molar-refractivity contribution in [3.63, 3.8) is 0 Å². The van der Waals surface area contributed by atoms with E-state index in [0.717, 1.165) is 0 Å². The summed E-state index contributed by atoms with van der Waals surface area (Å²) in [6, 6.07) is 0. The van der Waals surface area contributed by atoms with E-state index in [0.29, 0.717) is 0 Å². The molecule has 1 aliphatic heterocycles. The maximum absolute atomic E-state index is 11.7. The van der Waals surface area contributed by atoms with Crippen molar-refractivity contribution in [1.82, 2.24) is 9.55 Å². The van der Waals surface area contributed by atoms with E-state index in [1.807, 2.05) is 0 Å². The number of ether oxygens (including phenoxy) is 1. The number of hydrogen-bond acceptors (Lipinski definition) is 5. The lowest BCUT2D eigenvalue weighted by Crippen LogP contribution is -2.33. The van der Waals surface area contributed by atoms with Gasteiger partial charge in [-0.2, -0.15) is 0 Å². The first kappa shape index (κ1) is 13.5. The van der Waals surface area contributed by atoms with E-state index in [2.05, 4.69) is 16.8 Å². The molecular formula is C12H14N2O5. The summed E-state index contributed by atoms with van der Waals surface area (Å²) in [4.78, 5) is 25.3. The number of aliphatic hydroxyl groups excluding tert-OH is 2. The van der Waals surface area contributed by atoms with Crippen molar-refractivity contribution in [2.45, 2.75) is 31.8 Å². The van der Waals surface area contributed by atoms with Crippen molar-refractivity contribution in [3.8, 4) is 11.8 Å². The molecule has 2 heterocycles. The molecule has 2 rings (SSSR count). The predicted molar refractivity (Wildman–Crippen MR) is 65.5 cm³/mol. The lowest BCUT2D eigenvalue weighted by molar-refractivity contribution is -0.0459. The number of aromatic nitrogens is 2. The summed E-state index contributed by atoms with van der Waals surface area (Å²) in [6.45, 7) is 1.24. The highest BCUT2D eigenvalue weighted by atomic mass is 16.5. The molecule has 7 heteroatoms. The van der Waals surface area contributed by atoms with E-state index < -0.39 is 29.7 Å². The highest BCUT2D eigenvalue weighted by molar-refractivity contribution is 5.28. The summed E-state index contributed by atoms with van der Waals surface area (Å²) in [7, 11) is 0. The molecule has 0 spiro atoms. The molecule has 0 aliphatic carbocycles. The van der Waals surface area contributed by atoms with Crippen LogP contribution in [0, 0.1) is 11.8 Å². The Kier molecular flexibility index (Phi) is 3.85. The number of hydrogen-bond donors (Lipinski definition) is 3. The highest BCUT2D eigenvalue weighted by Crippen LogP contribution is 2.27. The summed E-state index contributed by atoms with van der Waals surface area (Å²) in [5.74, 6) is 5.16. The van der Waals surface area contributed by atoms with Gasteiger partial charge in [-0.15, -0.1) is 5.92 Å². The molecule has 1 aromatic rings. The Balaban J connectivity index is 2.40. The lowest BCUT2D eigenvalue weighted by Gasteiger charge is -2.14. The van der Waals surface area contributed by atoms with Gasteiger partial charge in [0.05, 0.1) is 12.7 Å². The minimum atomic E-state index is -0.852. The molecule has 1 aromatic heterocycles. The quantitative estimate of drug-likeness (QED) is 0.568. The van der Waals surface area contributed by atoms with E-state index in [4.69, 9.17) is 9.84 Å². The van der Waals surface area contributed by atoms with Crippen molar-refractivity contribution < 1.29 is 14.9 Å². The van der Waals surface area contributed by atoms with Crippen LogP contribution in [0.3, 0.4) is 0 Å². The van der Waals surface area contributed by atoms with Gasteiger partial charge in [-0.25, -0.2) is 4.79 Å². The minimum Gasteiger partial charge on any atom is -0.394 e. The molecule has 3 atom stereocenters. The van der Waals surface area contributed by atoms with Crippen LogP contribution in [0.5, 0.6) is 0 Å². The van der Waals surface area contributed by atoms with Gasteiger partial charge < -0.3 is 14.9 Å². The zero-order chi connectivity index (χ0) is 14.0. The molecule has 1 saturated heterocycles. The van der Waals surface area contributed by atoms with Gasteiger partial charge in [0.25, 0.3) is 5.56 Å². The third-order valence-electron chi connectivity index (χ3n) is 2.92. The van der Waals surface area contributed by atoms with Crippen LogP contribution >= 0.6 is 0 Å². The van der Waals surface area contributed by atoms with Gasteiger partial charge in [0, 0.05) is 12.6 Å². The molecule has 0 unspecified atom stereocenters. The van der Waals surface area contributed by atoms with Crippen LogP contribution in [-0.4, -0.2) is 38.6 Å². The number of aromatic amines is 1. The summed E-state index contributed by atoms with van der Waals surface area (Å²) in [6.07, 6.45) is -0.849. The van der Waals surface area contributed by atoms with Crippen LogP contribution in [0.1, 0.15) is 25.1 Å². The number of rotatable bonds is 2. The fraction of sp³-hybridized carbons (Fsp3) is 0.500. The molecule has 1 fully saturated rings. The minimum absolute atomic E-state index is 0.146. The summed E-state index contributed by atoms with van der Waals surface area (Å²) in [5, 5.41) is 18.6. The zero-order valence-corrected chi connectivity index (χ0v) is 10.3. The van der Waals surface area contributed by atoms with Crippen molar-refractivity contribution in [2.24, 2.45) is 0 Å². The Labute approximate surface area is 108 Å². The molecule has 0 aromatic carbocycles. The van der Waals surface area contributed by atoms with E-state index in [1.54, 1.807) is 6.92 Å². The number of H-pyrrole nitrogens is 1. The summed E-state index contributed by atoms with van der Waals surface area (Å²) in [5.41, 5.74) is -1.05. The molecule has 3 N–H and O–H groups in total. The van der Waals surface area contributed by atoms with Crippen molar-refractivity contribution in [2.75, 3.05) is 6.61 Å². The van der Waals surface area contributed by atoms with Crippen LogP contribution in [0.2, 0.25) is 0 Å². The van der Waals surface area contributed by atoms with Crippen LogP contribution in [-0.2, 0) is 4.74 Å². The van der Waals surface area contributed by atoms with Gasteiger partial charge >= 0.3 is 5.69 Å². The summed E-state index contributed by atoms with van der Waals surface area (Å²) < 4.78 is 6.52. The molecule has 7 nitrogen and oxygen atoms in total. The Bertz CT molecular complexity index is 636. The van der Waals surface area contributed by atoms with Gasteiger partial charge in [-0.05, 0) is 6.92 Å². The monoisotopic (exact) mass is 266 g/mol. The van der Waals surface area contributed by atoms with E-state index >= 15 is 0 Å². The normalized spacial score (nSPS) is 25.9. The fourth-order valence-electron chi connectivity index (χ4n) is 1.97. The SMILES string of the molecule is CC#Cc1cn([C@H]2C[C@H](O)[C@@H](CO)O2)c(=O)[nH]c1=O. The molecule has 0 saturated carbocycles. The third-order valence-corrected chi connectivity index (χ3v) is 2.92. The highest BCUT2D eigenvalue weighted by Gasteiger charge is 2.35. The van der Waals surface area contributed by atoms with Crippen molar-refractivity contribution in [3.05, 3.63) is 32.6 Å². The zero-order valence-electron chi connectivity index (χ0n) is 10.3. The van der Waals surface area contributed by atoms with E-state index in [9.17, 15) is 14.7 Å². The molecular weight excluding hydrogens is 252 g/mol. The molecule has 0 amide bonds. The Morgan fingerprint density at radius 1 is 1.58 bits per heavy atom. The molecule has 1 aliphatic rings. The number of aliphatic hydroxyl groups is 2. The van der Waals surface area contributed by atoms with Crippen LogP contribution in [0.15, 0.2) is 15.8 Å². The van der Waals surface area contributed by atoms with Crippen molar-refractivity contribution >= 4 is 0 Å². The van der Waals surface area contributed by atoms with Crippen LogP contribution in [0.4, 0.5) is 0 Å². The second kappa shape index (κ2) is 5.40. The molecule has 0 bridgehead atoms. The number of nitrogens with zero attached hydrogens (tertiary/aromatic N) is 1. The number of nitrogens with one attached hydrogen (secondary N) is 1. The Morgan fingerprint density at radius 3 is 2.89 bits per heavy atom. The molecule has 102 valence electrons. The first-order valence-electron chi connectivity index (χ1n) is 5.79. The first-order valence-corrected chi connectivity index (χ1v) is 5.79. The van der Waals surface area contributed by atoms with Gasteiger partial charge in [-0.3, -0.25) is 14.3 Å². The third kappa shape index (κ3) is 2.61. The summed E-state index contributed by atoms with van der Waals surface area (Å²) >= 11 is 0. The average molecular weight is 266 g/mol. The largest absolute Gasteiger partial charge is 0.394 e. The topological polar surface area (TPSA) is 105 Å². The maximum Gasteiger partial charge on any atom is 0.330 e. The van der Waals surface area contributed by atoms with Crippen molar-refractivity contribution in [1.29, 1.82) is 0 Å². The Hall–Kier alpha value is -1.88. The van der Waals surface area contributed by atoms with Crippen LogP contribution < -0.4 is 11.2 Å². The molecule has 19 heavy (non-hydrogen) atoms. The van der Waals surface area contributed by atoms with E-state index in [-0.39, 0.29) is 18.6 Å². The van der Waals surface area contributed by atoms with E-state index in [1.165, 1.54) is 10.8 Å². The first-order chi connectivity index (χ1) is 9.06. The van der Waals surface area contributed by atoms with Gasteiger partial charge in [-0.1, -0.05) is 5.92 Å². The second-order valence-electron chi connectivity index (χ2n) is 4.20. The second-order valence-corrected chi connectivity index (χ2v) is 4.20. The van der Waals surface area contributed by atoms with Crippen LogP contribution in [0.25, 0.3) is 0 Å². The standard InChI is InChI=1S/C12H14N2O5/c1-2-3-7-5-14(12(18)13-11(7)17)10-4-8(16)9(6-15)19-10/h5,8-10,15-16H,4,6H2,1H3,(H,13,17,18)/t8-,9+,10+/m0/s1. The van der Waals surface area contributed by atoms with Gasteiger partial charge in [0.1, 0.15) is 17.9 Å². The maximum atomic E-state index is 11.7. The van der Waals surface area contributed by atoms with Gasteiger partial charge in [0.15, 0.2) is 0 Å².